The molecule has 6 nitrogen and oxygen atoms in total. The number of rotatable bonds is 8. The first-order valence-corrected chi connectivity index (χ1v) is 9.10. The first-order valence-electron chi connectivity index (χ1n) is 8.28. The molecule has 1 heterocycles. The fourth-order valence-electron chi connectivity index (χ4n) is 2.54. The van der Waals surface area contributed by atoms with Crippen molar-refractivity contribution in [3.05, 3.63) is 40.8 Å². The molecule has 7 heteroatoms. The molecule has 0 aliphatic heterocycles. The van der Waals surface area contributed by atoms with E-state index in [2.05, 4.69) is 5.32 Å². The third kappa shape index (κ3) is 5.23. The predicted molar refractivity (Wildman–Crippen MR) is 103 cm³/mol. The minimum absolute atomic E-state index is 0.0427. The Morgan fingerprint density at radius 2 is 1.85 bits per heavy atom. The zero-order valence-corrected chi connectivity index (χ0v) is 16.3. The summed E-state index contributed by atoms with van der Waals surface area (Å²) in [7, 11) is 5.01. The van der Waals surface area contributed by atoms with Gasteiger partial charge >= 0.3 is 0 Å². The van der Waals surface area contributed by atoms with Crippen molar-refractivity contribution in [1.82, 2.24) is 4.90 Å². The van der Waals surface area contributed by atoms with E-state index in [0.29, 0.717) is 27.9 Å². The van der Waals surface area contributed by atoms with E-state index in [1.165, 1.54) is 18.3 Å². The van der Waals surface area contributed by atoms with Gasteiger partial charge in [0.1, 0.15) is 0 Å². The molecule has 1 N–H and O–H groups in total. The Morgan fingerprint density at radius 3 is 2.50 bits per heavy atom. The van der Waals surface area contributed by atoms with Gasteiger partial charge in [-0.15, -0.1) is 11.3 Å². The standard InChI is InChI=1S/C19H24N2O4S/c1-13(22)20-18-10-9-17(26-18)19(23)21(2)11-5-6-14-7-8-15(24-3)16(12-14)25-4/h7-10,12H,5-6,11H2,1-4H3,(H,20,22). The van der Waals surface area contributed by atoms with Crippen LogP contribution in [-0.4, -0.2) is 44.5 Å². The highest BCUT2D eigenvalue weighted by Gasteiger charge is 2.14. The van der Waals surface area contributed by atoms with E-state index in [1.54, 1.807) is 38.3 Å². The summed E-state index contributed by atoms with van der Waals surface area (Å²) in [5, 5.41) is 3.37. The first kappa shape index (κ1) is 19.8. The molecule has 0 fully saturated rings. The molecule has 1 aromatic heterocycles. The molecule has 2 amide bonds. The number of carbonyl (C=O) groups excluding carboxylic acids is 2. The van der Waals surface area contributed by atoms with Crippen molar-refractivity contribution in [2.24, 2.45) is 0 Å². The van der Waals surface area contributed by atoms with E-state index in [1.807, 2.05) is 18.2 Å². The number of nitrogens with one attached hydrogen (secondary N) is 1. The van der Waals surface area contributed by atoms with Crippen LogP contribution in [0.2, 0.25) is 0 Å². The van der Waals surface area contributed by atoms with Crippen LogP contribution in [-0.2, 0) is 11.2 Å². The summed E-state index contributed by atoms with van der Waals surface area (Å²) in [6.07, 6.45) is 1.67. The van der Waals surface area contributed by atoms with Gasteiger partial charge in [-0.2, -0.15) is 0 Å². The number of carbonyl (C=O) groups is 2. The number of benzene rings is 1. The fourth-order valence-corrected chi connectivity index (χ4v) is 3.49. The van der Waals surface area contributed by atoms with Crippen LogP contribution >= 0.6 is 11.3 Å². The number of hydrogen-bond donors (Lipinski definition) is 1. The lowest BCUT2D eigenvalue weighted by Gasteiger charge is -2.16. The van der Waals surface area contributed by atoms with E-state index in [4.69, 9.17) is 9.47 Å². The van der Waals surface area contributed by atoms with Crippen molar-refractivity contribution < 1.29 is 19.1 Å². The molecular weight excluding hydrogens is 352 g/mol. The van der Waals surface area contributed by atoms with Gasteiger partial charge in [-0.1, -0.05) is 6.07 Å². The van der Waals surface area contributed by atoms with Crippen molar-refractivity contribution in [2.45, 2.75) is 19.8 Å². The average Bonchev–Trinajstić information content (AvgIpc) is 3.08. The van der Waals surface area contributed by atoms with E-state index in [9.17, 15) is 9.59 Å². The van der Waals surface area contributed by atoms with Crippen molar-refractivity contribution in [3.8, 4) is 11.5 Å². The topological polar surface area (TPSA) is 67.9 Å². The molecule has 0 aliphatic carbocycles. The van der Waals surface area contributed by atoms with Gasteiger partial charge in [-0.05, 0) is 42.7 Å². The van der Waals surface area contributed by atoms with Crippen molar-refractivity contribution in [3.63, 3.8) is 0 Å². The Hall–Kier alpha value is -2.54. The number of amides is 2. The minimum Gasteiger partial charge on any atom is -0.493 e. The zero-order chi connectivity index (χ0) is 19.1. The predicted octanol–water partition coefficient (Wildman–Crippen LogP) is 3.43. The smallest absolute Gasteiger partial charge is 0.263 e. The zero-order valence-electron chi connectivity index (χ0n) is 15.5. The SMILES string of the molecule is COc1ccc(CCCN(C)C(=O)c2ccc(NC(C)=O)s2)cc1OC. The summed E-state index contributed by atoms with van der Waals surface area (Å²) in [6, 6.07) is 9.33. The van der Waals surface area contributed by atoms with Gasteiger partial charge in [0, 0.05) is 20.5 Å². The highest BCUT2D eigenvalue weighted by atomic mass is 32.1. The second-order valence-electron chi connectivity index (χ2n) is 5.86. The Bertz CT molecular complexity index is 773. The lowest BCUT2D eigenvalue weighted by molar-refractivity contribution is -0.114. The Kier molecular flexibility index (Phi) is 7.03. The van der Waals surface area contributed by atoms with Gasteiger partial charge in [-0.3, -0.25) is 9.59 Å². The summed E-state index contributed by atoms with van der Waals surface area (Å²) < 4.78 is 10.5. The quantitative estimate of drug-likeness (QED) is 0.766. The highest BCUT2D eigenvalue weighted by molar-refractivity contribution is 7.18. The molecule has 26 heavy (non-hydrogen) atoms. The summed E-state index contributed by atoms with van der Waals surface area (Å²) in [5.74, 6) is 1.22. The monoisotopic (exact) mass is 376 g/mol. The van der Waals surface area contributed by atoms with Crippen LogP contribution < -0.4 is 14.8 Å². The Balaban J connectivity index is 1.88. The normalized spacial score (nSPS) is 10.3. The van der Waals surface area contributed by atoms with Crippen LogP contribution in [0.15, 0.2) is 30.3 Å². The third-order valence-corrected chi connectivity index (χ3v) is 4.86. The molecule has 1 aromatic carbocycles. The van der Waals surface area contributed by atoms with E-state index < -0.39 is 0 Å². The van der Waals surface area contributed by atoms with Crippen molar-refractivity contribution in [1.29, 1.82) is 0 Å². The van der Waals surface area contributed by atoms with Gasteiger partial charge in [-0.25, -0.2) is 0 Å². The van der Waals surface area contributed by atoms with Crippen LogP contribution in [0.5, 0.6) is 11.5 Å². The summed E-state index contributed by atoms with van der Waals surface area (Å²) >= 11 is 1.28. The molecule has 0 aliphatic rings. The van der Waals surface area contributed by atoms with Gasteiger partial charge in [0.05, 0.1) is 24.1 Å². The van der Waals surface area contributed by atoms with E-state index >= 15 is 0 Å². The first-order chi connectivity index (χ1) is 12.4. The Morgan fingerprint density at radius 1 is 1.12 bits per heavy atom. The molecule has 0 radical (unpaired) electrons. The van der Waals surface area contributed by atoms with Crippen LogP contribution in [0.1, 0.15) is 28.6 Å². The molecule has 0 bridgehead atoms. The second-order valence-corrected chi connectivity index (χ2v) is 6.95. The van der Waals surface area contributed by atoms with E-state index in [-0.39, 0.29) is 11.8 Å². The molecule has 2 aromatic rings. The van der Waals surface area contributed by atoms with Crippen LogP contribution in [0.25, 0.3) is 0 Å². The lowest BCUT2D eigenvalue weighted by Crippen LogP contribution is -2.27. The third-order valence-electron chi connectivity index (χ3n) is 3.87. The molecule has 0 saturated heterocycles. The fraction of sp³-hybridized carbons (Fsp3) is 0.368. The number of ether oxygens (including phenoxy) is 2. The summed E-state index contributed by atoms with van der Waals surface area (Å²) in [4.78, 5) is 25.8. The van der Waals surface area contributed by atoms with E-state index in [0.717, 1.165) is 18.4 Å². The largest absolute Gasteiger partial charge is 0.493 e. The Labute approximate surface area is 157 Å². The van der Waals surface area contributed by atoms with Gasteiger partial charge in [0.15, 0.2) is 11.5 Å². The number of nitrogens with zero attached hydrogens (tertiary/aromatic N) is 1. The van der Waals surface area contributed by atoms with Crippen LogP contribution in [0, 0.1) is 0 Å². The number of thiophene rings is 1. The van der Waals surface area contributed by atoms with Crippen LogP contribution in [0.4, 0.5) is 5.00 Å². The highest BCUT2D eigenvalue weighted by Crippen LogP contribution is 2.28. The minimum atomic E-state index is -0.144. The molecule has 0 atom stereocenters. The van der Waals surface area contributed by atoms with Gasteiger partial charge < -0.3 is 19.7 Å². The molecule has 2 rings (SSSR count). The molecular formula is C19H24N2O4S. The number of anilines is 1. The number of hydrogen-bond acceptors (Lipinski definition) is 5. The van der Waals surface area contributed by atoms with Crippen molar-refractivity contribution >= 4 is 28.2 Å². The van der Waals surface area contributed by atoms with Gasteiger partial charge in [0.2, 0.25) is 5.91 Å². The average molecular weight is 376 g/mol. The lowest BCUT2D eigenvalue weighted by atomic mass is 10.1. The summed E-state index contributed by atoms with van der Waals surface area (Å²) in [5.41, 5.74) is 1.13. The summed E-state index contributed by atoms with van der Waals surface area (Å²) in [6.45, 7) is 2.09. The molecule has 0 saturated carbocycles. The maximum absolute atomic E-state index is 12.5. The van der Waals surface area contributed by atoms with Crippen LogP contribution in [0.3, 0.4) is 0 Å². The second kappa shape index (κ2) is 9.24. The maximum Gasteiger partial charge on any atom is 0.263 e. The van der Waals surface area contributed by atoms with Crippen molar-refractivity contribution in [2.75, 3.05) is 33.1 Å². The molecule has 140 valence electrons. The molecule has 0 unspecified atom stereocenters. The van der Waals surface area contributed by atoms with Gasteiger partial charge in [0.25, 0.3) is 5.91 Å². The number of aryl methyl sites for hydroxylation is 1. The maximum atomic E-state index is 12.5. The number of methoxy groups -OCH3 is 2. The molecule has 0 spiro atoms.